The van der Waals surface area contributed by atoms with Gasteiger partial charge in [0.2, 0.25) is 0 Å². The molecule has 7 heteroatoms. The van der Waals surface area contributed by atoms with E-state index < -0.39 is 11.6 Å². The zero-order valence-electron chi connectivity index (χ0n) is 15.3. The maximum absolute atomic E-state index is 13.6. The van der Waals surface area contributed by atoms with Crippen LogP contribution in [0, 0.1) is 17.6 Å². The highest BCUT2D eigenvalue weighted by atomic mass is 19.1. The zero-order valence-corrected chi connectivity index (χ0v) is 15.3. The third kappa shape index (κ3) is 4.13. The number of fused-ring (bicyclic) bond motifs is 1. The number of carbonyl (C=O) groups excluding carboxylic acids is 1. The third-order valence-corrected chi connectivity index (χ3v) is 5.04. The van der Waals surface area contributed by atoms with Crippen LogP contribution in [0.15, 0.2) is 42.5 Å². The summed E-state index contributed by atoms with van der Waals surface area (Å²) in [6, 6.07) is 10.9. The predicted octanol–water partition coefficient (Wildman–Crippen LogP) is 3.70. The summed E-state index contributed by atoms with van der Waals surface area (Å²) < 4.78 is 31.8. The number of H-pyrrole nitrogens is 1. The minimum absolute atomic E-state index is 0.120. The highest BCUT2D eigenvalue weighted by Gasteiger charge is 2.25. The molecule has 28 heavy (non-hydrogen) atoms. The molecular weight excluding hydrogens is 364 g/mol. The molecule has 1 fully saturated rings. The lowest BCUT2D eigenvalue weighted by Crippen LogP contribution is -2.42. The van der Waals surface area contributed by atoms with Crippen LogP contribution in [0.5, 0.6) is 5.75 Å². The Morgan fingerprint density at radius 3 is 2.93 bits per heavy atom. The van der Waals surface area contributed by atoms with Crippen LogP contribution in [-0.2, 0) is 11.2 Å². The molecule has 1 aliphatic heterocycles. The topological polar surface area (TPSA) is 58.2 Å². The van der Waals surface area contributed by atoms with Crippen molar-refractivity contribution in [1.82, 2.24) is 14.9 Å². The van der Waals surface area contributed by atoms with Gasteiger partial charge in [-0.15, -0.1) is 0 Å². The first-order chi connectivity index (χ1) is 13.6. The van der Waals surface area contributed by atoms with E-state index in [4.69, 9.17) is 4.74 Å². The fraction of sp³-hybridized carbons (Fsp3) is 0.333. The molecule has 0 bridgehead atoms. The van der Waals surface area contributed by atoms with Crippen LogP contribution in [0.25, 0.3) is 11.0 Å². The van der Waals surface area contributed by atoms with Crippen LogP contribution >= 0.6 is 0 Å². The number of aromatic amines is 1. The molecule has 4 rings (SSSR count). The van der Waals surface area contributed by atoms with Crippen molar-refractivity contribution >= 4 is 16.9 Å². The third-order valence-electron chi connectivity index (χ3n) is 5.04. The van der Waals surface area contributed by atoms with Gasteiger partial charge in [-0.2, -0.15) is 0 Å². The number of benzene rings is 2. The summed E-state index contributed by atoms with van der Waals surface area (Å²) in [5, 5.41) is 0. The largest absolute Gasteiger partial charge is 0.481 e. The van der Waals surface area contributed by atoms with E-state index in [-0.39, 0.29) is 18.3 Å². The van der Waals surface area contributed by atoms with E-state index in [1.54, 1.807) is 4.90 Å². The Kier molecular flexibility index (Phi) is 5.23. The summed E-state index contributed by atoms with van der Waals surface area (Å²) >= 11 is 0. The highest BCUT2D eigenvalue weighted by Crippen LogP contribution is 2.22. The number of aromatic nitrogens is 2. The van der Waals surface area contributed by atoms with Gasteiger partial charge in [0.25, 0.3) is 5.91 Å². The van der Waals surface area contributed by atoms with Crippen molar-refractivity contribution < 1.29 is 18.3 Å². The Balaban J connectivity index is 1.34. The fourth-order valence-electron chi connectivity index (χ4n) is 3.66. The summed E-state index contributed by atoms with van der Waals surface area (Å²) in [5.74, 6) is -0.579. The second-order valence-electron chi connectivity index (χ2n) is 7.12. The quantitative estimate of drug-likeness (QED) is 0.729. The first kappa shape index (κ1) is 18.4. The molecule has 2 aromatic carbocycles. The van der Waals surface area contributed by atoms with Crippen molar-refractivity contribution in [3.05, 3.63) is 59.9 Å². The van der Waals surface area contributed by atoms with Gasteiger partial charge in [-0.3, -0.25) is 4.79 Å². The Morgan fingerprint density at radius 2 is 2.11 bits per heavy atom. The van der Waals surface area contributed by atoms with Gasteiger partial charge in [0.1, 0.15) is 11.6 Å². The summed E-state index contributed by atoms with van der Waals surface area (Å²) in [5.41, 5.74) is 1.95. The monoisotopic (exact) mass is 385 g/mol. The minimum atomic E-state index is -0.811. The average Bonchev–Trinajstić information content (AvgIpc) is 3.09. The Morgan fingerprint density at radius 1 is 1.25 bits per heavy atom. The first-order valence-corrected chi connectivity index (χ1v) is 9.38. The smallest absolute Gasteiger partial charge is 0.260 e. The molecule has 1 N–H and O–H groups in total. The fourth-order valence-corrected chi connectivity index (χ4v) is 3.66. The number of rotatable bonds is 5. The lowest BCUT2D eigenvalue weighted by Gasteiger charge is -2.32. The number of carbonyl (C=O) groups is 1. The summed E-state index contributed by atoms with van der Waals surface area (Å²) in [7, 11) is 0. The van der Waals surface area contributed by atoms with Crippen LogP contribution in [0.4, 0.5) is 8.78 Å². The summed E-state index contributed by atoms with van der Waals surface area (Å²) in [6.07, 6.45) is 2.70. The number of nitrogens with one attached hydrogen (secondary N) is 1. The average molecular weight is 385 g/mol. The number of likely N-dealkylation sites (tertiary alicyclic amines) is 1. The van der Waals surface area contributed by atoms with E-state index in [2.05, 4.69) is 9.97 Å². The predicted molar refractivity (Wildman–Crippen MR) is 101 cm³/mol. The number of ether oxygens (including phenoxy) is 1. The molecular formula is C21H21F2N3O2. The Bertz CT molecular complexity index is 956. The van der Waals surface area contributed by atoms with E-state index >= 15 is 0 Å². The van der Waals surface area contributed by atoms with Crippen molar-refractivity contribution in [3.63, 3.8) is 0 Å². The standard InChI is InChI=1S/C21H21F2N3O2/c22-15-7-8-19(16(23)11-15)28-13-21(27)26-9-3-4-14(12-26)10-20-24-17-5-1-2-6-18(17)25-20/h1-2,5-8,11,14H,3-4,9-10,12-13H2,(H,24,25). The van der Waals surface area contributed by atoms with Crippen LogP contribution in [0.1, 0.15) is 18.7 Å². The Labute approximate surface area is 161 Å². The minimum Gasteiger partial charge on any atom is -0.481 e. The summed E-state index contributed by atoms with van der Waals surface area (Å²) in [4.78, 5) is 22.2. The van der Waals surface area contributed by atoms with Gasteiger partial charge in [0.05, 0.1) is 11.0 Å². The van der Waals surface area contributed by atoms with Crippen molar-refractivity contribution in [2.45, 2.75) is 19.3 Å². The van der Waals surface area contributed by atoms with Crippen LogP contribution in [0.2, 0.25) is 0 Å². The molecule has 1 atom stereocenters. The molecule has 2 heterocycles. The lowest BCUT2D eigenvalue weighted by atomic mass is 9.94. The van der Waals surface area contributed by atoms with E-state index in [1.165, 1.54) is 6.07 Å². The van der Waals surface area contributed by atoms with Gasteiger partial charge in [0.15, 0.2) is 18.2 Å². The van der Waals surface area contributed by atoms with E-state index in [1.807, 2.05) is 24.3 Å². The number of hydrogen-bond donors (Lipinski definition) is 1. The number of nitrogens with zero attached hydrogens (tertiary/aromatic N) is 2. The molecule has 0 radical (unpaired) electrons. The van der Waals surface area contributed by atoms with Gasteiger partial charge >= 0.3 is 0 Å². The number of amides is 1. The van der Waals surface area contributed by atoms with Crippen molar-refractivity contribution in [2.24, 2.45) is 5.92 Å². The SMILES string of the molecule is O=C(COc1ccc(F)cc1F)N1CCCC(Cc2nc3ccccc3[nH]2)C1. The Hall–Kier alpha value is -2.96. The number of para-hydroxylation sites is 2. The number of hydrogen-bond acceptors (Lipinski definition) is 3. The molecule has 146 valence electrons. The molecule has 5 nitrogen and oxygen atoms in total. The second-order valence-corrected chi connectivity index (χ2v) is 7.12. The van der Waals surface area contributed by atoms with Gasteiger partial charge < -0.3 is 14.6 Å². The number of halogens is 2. The molecule has 0 saturated carbocycles. The highest BCUT2D eigenvalue weighted by molar-refractivity contribution is 5.78. The molecule has 3 aromatic rings. The van der Waals surface area contributed by atoms with Gasteiger partial charge in [-0.05, 0) is 43.0 Å². The maximum Gasteiger partial charge on any atom is 0.260 e. The molecule has 1 aromatic heterocycles. The van der Waals surface area contributed by atoms with Crippen LogP contribution in [0.3, 0.4) is 0 Å². The van der Waals surface area contributed by atoms with Crippen LogP contribution < -0.4 is 4.74 Å². The normalized spacial score (nSPS) is 17.1. The van der Waals surface area contributed by atoms with Gasteiger partial charge in [-0.25, -0.2) is 13.8 Å². The zero-order chi connectivity index (χ0) is 19.5. The lowest BCUT2D eigenvalue weighted by molar-refractivity contribution is -0.135. The first-order valence-electron chi connectivity index (χ1n) is 9.38. The van der Waals surface area contributed by atoms with Gasteiger partial charge in [-0.1, -0.05) is 12.1 Å². The molecule has 1 amide bonds. The summed E-state index contributed by atoms with van der Waals surface area (Å²) in [6.45, 7) is 1.01. The van der Waals surface area contributed by atoms with Crippen molar-refractivity contribution in [1.29, 1.82) is 0 Å². The van der Waals surface area contributed by atoms with E-state index in [0.717, 1.165) is 48.3 Å². The molecule has 0 spiro atoms. The van der Waals surface area contributed by atoms with Crippen molar-refractivity contribution in [3.8, 4) is 5.75 Å². The van der Waals surface area contributed by atoms with Gasteiger partial charge in [0, 0.05) is 25.6 Å². The molecule has 0 aliphatic carbocycles. The second kappa shape index (κ2) is 7.96. The van der Waals surface area contributed by atoms with Crippen molar-refractivity contribution in [2.75, 3.05) is 19.7 Å². The van der Waals surface area contributed by atoms with E-state index in [0.29, 0.717) is 19.0 Å². The number of imidazole rings is 1. The molecule has 1 aliphatic rings. The van der Waals surface area contributed by atoms with Crippen LogP contribution in [-0.4, -0.2) is 40.5 Å². The number of piperidine rings is 1. The maximum atomic E-state index is 13.6. The molecule has 1 unspecified atom stereocenters. The van der Waals surface area contributed by atoms with E-state index in [9.17, 15) is 13.6 Å². The molecule has 1 saturated heterocycles.